The van der Waals surface area contributed by atoms with E-state index >= 15 is 0 Å². The van der Waals surface area contributed by atoms with Crippen molar-refractivity contribution in [3.63, 3.8) is 0 Å². The summed E-state index contributed by atoms with van der Waals surface area (Å²) < 4.78 is 10.7. The van der Waals surface area contributed by atoms with Crippen LogP contribution in [0.15, 0.2) is 48.5 Å². The van der Waals surface area contributed by atoms with Crippen molar-refractivity contribution in [1.82, 2.24) is 5.32 Å². The zero-order chi connectivity index (χ0) is 17.5. The van der Waals surface area contributed by atoms with Gasteiger partial charge in [0.25, 0.3) is 0 Å². The number of anilines is 1. The summed E-state index contributed by atoms with van der Waals surface area (Å²) >= 11 is 0. The van der Waals surface area contributed by atoms with Crippen LogP contribution in [0.1, 0.15) is 12.8 Å². The molecule has 2 aromatic carbocycles. The van der Waals surface area contributed by atoms with Gasteiger partial charge in [-0.05, 0) is 42.5 Å². The third-order valence-corrected chi connectivity index (χ3v) is 4.36. The van der Waals surface area contributed by atoms with Gasteiger partial charge in [-0.2, -0.15) is 0 Å². The van der Waals surface area contributed by atoms with Crippen LogP contribution < -0.4 is 15.4 Å². The van der Waals surface area contributed by atoms with Crippen molar-refractivity contribution in [2.45, 2.75) is 12.8 Å². The van der Waals surface area contributed by atoms with Crippen LogP contribution in [0.2, 0.25) is 0 Å². The molecule has 0 aliphatic carbocycles. The van der Waals surface area contributed by atoms with Crippen molar-refractivity contribution in [3.05, 3.63) is 48.5 Å². The van der Waals surface area contributed by atoms with Crippen LogP contribution in [0.4, 0.5) is 10.5 Å². The lowest BCUT2D eigenvalue weighted by Crippen LogP contribution is -2.36. The van der Waals surface area contributed by atoms with Crippen molar-refractivity contribution in [3.8, 4) is 16.9 Å². The van der Waals surface area contributed by atoms with E-state index in [9.17, 15) is 4.79 Å². The Bertz CT molecular complexity index is 712. The molecule has 5 nitrogen and oxygen atoms in total. The fourth-order valence-electron chi connectivity index (χ4n) is 3.01. The molecule has 1 atom stereocenters. The second-order valence-corrected chi connectivity index (χ2v) is 6.20. The predicted octanol–water partition coefficient (Wildman–Crippen LogP) is 3.91. The first-order valence-corrected chi connectivity index (χ1v) is 8.62. The molecule has 0 saturated carbocycles. The Kier molecular flexibility index (Phi) is 5.90. The monoisotopic (exact) mass is 340 g/mol. The highest BCUT2D eigenvalue weighted by atomic mass is 16.5. The van der Waals surface area contributed by atoms with E-state index in [4.69, 9.17) is 9.47 Å². The first-order valence-electron chi connectivity index (χ1n) is 8.62. The third kappa shape index (κ3) is 4.73. The molecule has 1 saturated heterocycles. The highest BCUT2D eigenvalue weighted by molar-refractivity contribution is 5.94. The maximum atomic E-state index is 12.3. The number of nitrogens with one attached hydrogen (secondary N) is 2. The number of amides is 2. The summed E-state index contributed by atoms with van der Waals surface area (Å²) in [5.74, 6) is 1.18. The summed E-state index contributed by atoms with van der Waals surface area (Å²) in [6.45, 7) is 2.18. The zero-order valence-corrected chi connectivity index (χ0v) is 14.5. The number of benzene rings is 2. The number of ether oxygens (including phenoxy) is 2. The van der Waals surface area contributed by atoms with Gasteiger partial charge in [0, 0.05) is 18.7 Å². The van der Waals surface area contributed by atoms with E-state index in [2.05, 4.69) is 10.6 Å². The lowest BCUT2D eigenvalue weighted by atomic mass is 10.0. The van der Waals surface area contributed by atoms with Crippen molar-refractivity contribution < 1.29 is 14.3 Å². The molecule has 2 N–H and O–H groups in total. The van der Waals surface area contributed by atoms with Crippen molar-refractivity contribution in [2.75, 3.05) is 32.2 Å². The summed E-state index contributed by atoms with van der Waals surface area (Å²) in [4.78, 5) is 12.3. The molecule has 0 radical (unpaired) electrons. The van der Waals surface area contributed by atoms with Crippen molar-refractivity contribution in [2.24, 2.45) is 5.92 Å². The molecule has 1 aliphatic heterocycles. The van der Waals surface area contributed by atoms with Crippen LogP contribution in [0, 0.1) is 5.92 Å². The lowest BCUT2D eigenvalue weighted by molar-refractivity contribution is 0.0559. The molecule has 1 heterocycles. The molecule has 132 valence electrons. The minimum Gasteiger partial charge on any atom is -0.497 e. The van der Waals surface area contributed by atoms with Crippen LogP contribution in [0.5, 0.6) is 5.75 Å². The van der Waals surface area contributed by atoms with Gasteiger partial charge in [0.2, 0.25) is 0 Å². The van der Waals surface area contributed by atoms with Gasteiger partial charge in [-0.3, -0.25) is 0 Å². The number of methoxy groups -OCH3 is 1. The molecule has 3 rings (SSSR count). The van der Waals surface area contributed by atoms with E-state index in [1.165, 1.54) is 0 Å². The molecule has 0 aromatic heterocycles. The highest BCUT2D eigenvalue weighted by Crippen LogP contribution is 2.30. The summed E-state index contributed by atoms with van der Waals surface area (Å²) in [6, 6.07) is 15.4. The summed E-state index contributed by atoms with van der Waals surface area (Å²) in [5, 5.41) is 5.90. The van der Waals surface area contributed by atoms with Gasteiger partial charge >= 0.3 is 6.03 Å². The standard InChI is InChI=1S/C20H24N2O3/c1-24-17-8-4-7-16(12-17)18-9-2-3-10-19(18)22-20(23)21-13-15-6-5-11-25-14-15/h2-4,7-10,12,15H,5-6,11,13-14H2,1H3,(H2,21,22,23)/t15-/m1/s1. The molecule has 1 fully saturated rings. The van der Waals surface area contributed by atoms with E-state index in [0.717, 1.165) is 48.6 Å². The van der Waals surface area contributed by atoms with E-state index < -0.39 is 0 Å². The van der Waals surface area contributed by atoms with E-state index in [0.29, 0.717) is 12.5 Å². The first kappa shape index (κ1) is 17.3. The molecule has 0 unspecified atom stereocenters. The van der Waals surface area contributed by atoms with Gasteiger partial charge in [0.05, 0.1) is 19.4 Å². The first-order chi connectivity index (χ1) is 12.3. The Morgan fingerprint density at radius 2 is 2.12 bits per heavy atom. The largest absolute Gasteiger partial charge is 0.497 e. The summed E-state index contributed by atoms with van der Waals surface area (Å²) in [6.07, 6.45) is 2.16. The summed E-state index contributed by atoms with van der Waals surface area (Å²) in [7, 11) is 1.64. The second kappa shape index (κ2) is 8.53. The maximum Gasteiger partial charge on any atom is 0.319 e. The van der Waals surface area contributed by atoms with Crippen LogP contribution in [-0.4, -0.2) is 32.9 Å². The smallest absolute Gasteiger partial charge is 0.319 e. The Morgan fingerprint density at radius 1 is 1.24 bits per heavy atom. The van der Waals surface area contributed by atoms with Crippen LogP contribution >= 0.6 is 0 Å². The van der Waals surface area contributed by atoms with E-state index in [1.807, 2.05) is 48.5 Å². The number of rotatable bonds is 5. The quantitative estimate of drug-likeness (QED) is 0.867. The average molecular weight is 340 g/mol. The topological polar surface area (TPSA) is 59.6 Å². The number of carbonyl (C=O) groups excluding carboxylic acids is 1. The van der Waals surface area contributed by atoms with Gasteiger partial charge in [0.15, 0.2) is 0 Å². The van der Waals surface area contributed by atoms with Crippen LogP contribution in [-0.2, 0) is 4.74 Å². The average Bonchev–Trinajstić information content (AvgIpc) is 2.68. The van der Waals surface area contributed by atoms with Crippen molar-refractivity contribution >= 4 is 11.7 Å². The number of para-hydroxylation sites is 1. The molecule has 5 heteroatoms. The predicted molar refractivity (Wildman–Crippen MR) is 99.0 cm³/mol. The molecule has 0 spiro atoms. The fourth-order valence-corrected chi connectivity index (χ4v) is 3.01. The Balaban J connectivity index is 1.66. The Morgan fingerprint density at radius 3 is 2.92 bits per heavy atom. The van der Waals surface area contributed by atoms with Crippen LogP contribution in [0.25, 0.3) is 11.1 Å². The number of hydrogen-bond donors (Lipinski definition) is 2. The van der Waals surface area contributed by atoms with Gasteiger partial charge < -0.3 is 20.1 Å². The lowest BCUT2D eigenvalue weighted by Gasteiger charge is -2.22. The minimum absolute atomic E-state index is 0.194. The molecule has 0 bridgehead atoms. The molecule has 25 heavy (non-hydrogen) atoms. The van der Waals surface area contributed by atoms with Gasteiger partial charge in [-0.15, -0.1) is 0 Å². The third-order valence-electron chi connectivity index (χ3n) is 4.36. The molecular formula is C20H24N2O3. The van der Waals surface area contributed by atoms with Crippen LogP contribution in [0.3, 0.4) is 0 Å². The van der Waals surface area contributed by atoms with Gasteiger partial charge in [-0.25, -0.2) is 4.79 Å². The second-order valence-electron chi connectivity index (χ2n) is 6.20. The molecule has 1 aliphatic rings. The van der Waals surface area contributed by atoms with Gasteiger partial charge in [0.1, 0.15) is 5.75 Å². The van der Waals surface area contributed by atoms with E-state index in [-0.39, 0.29) is 6.03 Å². The Hall–Kier alpha value is -2.53. The Labute approximate surface area is 148 Å². The summed E-state index contributed by atoms with van der Waals surface area (Å²) in [5.41, 5.74) is 2.72. The van der Waals surface area contributed by atoms with Crippen molar-refractivity contribution in [1.29, 1.82) is 0 Å². The molecule has 2 aromatic rings. The number of carbonyl (C=O) groups is 1. The molecule has 2 amide bonds. The minimum atomic E-state index is -0.194. The maximum absolute atomic E-state index is 12.3. The fraction of sp³-hybridized carbons (Fsp3) is 0.350. The zero-order valence-electron chi connectivity index (χ0n) is 14.5. The van der Waals surface area contributed by atoms with E-state index in [1.54, 1.807) is 7.11 Å². The number of urea groups is 1. The SMILES string of the molecule is COc1cccc(-c2ccccc2NC(=O)NC[C@H]2CCCOC2)c1. The number of hydrogen-bond acceptors (Lipinski definition) is 3. The highest BCUT2D eigenvalue weighted by Gasteiger charge is 2.15. The normalized spacial score (nSPS) is 16.9. The van der Waals surface area contributed by atoms with Gasteiger partial charge in [-0.1, -0.05) is 30.3 Å². The molecular weight excluding hydrogens is 316 g/mol.